The van der Waals surface area contributed by atoms with Gasteiger partial charge in [0, 0.05) is 24.9 Å². The van der Waals surface area contributed by atoms with Crippen molar-refractivity contribution in [2.45, 2.75) is 96.1 Å². The van der Waals surface area contributed by atoms with Crippen molar-refractivity contribution in [2.75, 3.05) is 38.9 Å². The first-order valence-corrected chi connectivity index (χ1v) is 13.0. The summed E-state index contributed by atoms with van der Waals surface area (Å²) in [6.07, 6.45) is 17.6. The lowest BCUT2D eigenvalue weighted by Crippen LogP contribution is -2.45. The normalized spacial score (nSPS) is 20.4. The molecule has 0 heterocycles. The van der Waals surface area contributed by atoms with E-state index in [1.807, 2.05) is 0 Å². The van der Waals surface area contributed by atoms with E-state index in [-0.39, 0.29) is 6.23 Å². The van der Waals surface area contributed by atoms with Gasteiger partial charge >= 0.3 is 0 Å². The average Bonchev–Trinajstić information content (AvgIpc) is 2.76. The zero-order valence-corrected chi connectivity index (χ0v) is 19.3. The van der Waals surface area contributed by atoms with E-state index in [2.05, 4.69) is 5.32 Å². The van der Waals surface area contributed by atoms with Crippen molar-refractivity contribution in [1.29, 1.82) is 0 Å². The van der Waals surface area contributed by atoms with Gasteiger partial charge in [-0.15, -0.1) is 11.6 Å². The Hall–Kier alpha value is 0.130. The smallest absolute Gasteiger partial charge is 0.108 e. The standard InChI is InChI=1S/C24H46ClNO3/c25-15-9-1-2-10-17-28-19-20-29-18-16-26-24(27)23(21-11-5-3-6-12-21)22-13-7-4-8-14-22/h21-24,26-27H,1-20H2. The highest BCUT2D eigenvalue weighted by Gasteiger charge is 2.35. The highest BCUT2D eigenvalue weighted by molar-refractivity contribution is 6.17. The molecule has 2 N–H and O–H groups in total. The molecule has 5 heteroatoms. The van der Waals surface area contributed by atoms with Crippen molar-refractivity contribution in [3.8, 4) is 0 Å². The Labute approximate surface area is 184 Å². The summed E-state index contributed by atoms with van der Waals surface area (Å²) in [5.74, 6) is 2.60. The van der Waals surface area contributed by atoms with E-state index in [0.29, 0.717) is 37.6 Å². The Morgan fingerprint density at radius 2 is 1.28 bits per heavy atom. The van der Waals surface area contributed by atoms with Gasteiger partial charge in [-0.2, -0.15) is 0 Å². The van der Waals surface area contributed by atoms with Gasteiger partial charge in [-0.25, -0.2) is 0 Å². The summed E-state index contributed by atoms with van der Waals surface area (Å²) in [5, 5.41) is 14.4. The third-order valence-electron chi connectivity index (χ3n) is 6.90. The Kier molecular flexibility index (Phi) is 14.7. The molecule has 1 atom stereocenters. The van der Waals surface area contributed by atoms with E-state index in [4.69, 9.17) is 21.1 Å². The van der Waals surface area contributed by atoms with Crippen LogP contribution in [0.15, 0.2) is 0 Å². The van der Waals surface area contributed by atoms with E-state index in [1.165, 1.54) is 77.0 Å². The van der Waals surface area contributed by atoms with Crippen LogP contribution in [0.1, 0.15) is 89.9 Å². The van der Waals surface area contributed by atoms with Crippen molar-refractivity contribution >= 4 is 11.6 Å². The summed E-state index contributed by atoms with van der Waals surface area (Å²) in [4.78, 5) is 0. The van der Waals surface area contributed by atoms with Gasteiger partial charge in [-0.1, -0.05) is 77.0 Å². The Morgan fingerprint density at radius 3 is 1.86 bits per heavy atom. The fourth-order valence-electron chi connectivity index (χ4n) is 5.33. The van der Waals surface area contributed by atoms with Crippen molar-refractivity contribution in [1.82, 2.24) is 5.32 Å². The number of halogens is 1. The van der Waals surface area contributed by atoms with E-state index in [0.717, 1.165) is 31.9 Å². The molecular weight excluding hydrogens is 386 g/mol. The van der Waals surface area contributed by atoms with Crippen LogP contribution in [0.25, 0.3) is 0 Å². The molecule has 0 radical (unpaired) electrons. The van der Waals surface area contributed by atoms with Gasteiger partial charge in [0.25, 0.3) is 0 Å². The van der Waals surface area contributed by atoms with Crippen molar-refractivity contribution < 1.29 is 14.6 Å². The van der Waals surface area contributed by atoms with Crippen LogP contribution in [0.5, 0.6) is 0 Å². The number of hydrogen-bond donors (Lipinski definition) is 2. The summed E-state index contributed by atoms with van der Waals surface area (Å²) in [6, 6.07) is 0. The van der Waals surface area contributed by atoms with Gasteiger partial charge in [0.2, 0.25) is 0 Å². The minimum absolute atomic E-state index is 0.381. The fourth-order valence-corrected chi connectivity index (χ4v) is 5.52. The molecule has 0 saturated heterocycles. The molecule has 2 aliphatic rings. The fraction of sp³-hybridized carbons (Fsp3) is 1.00. The second-order valence-electron chi connectivity index (χ2n) is 9.10. The van der Waals surface area contributed by atoms with Crippen LogP contribution >= 0.6 is 11.6 Å². The highest BCUT2D eigenvalue weighted by atomic mass is 35.5. The van der Waals surface area contributed by atoms with E-state index >= 15 is 0 Å². The van der Waals surface area contributed by atoms with Crippen LogP contribution in [0.3, 0.4) is 0 Å². The third-order valence-corrected chi connectivity index (χ3v) is 7.16. The number of hydrogen-bond acceptors (Lipinski definition) is 4. The first-order valence-electron chi connectivity index (χ1n) is 12.5. The lowest BCUT2D eigenvalue weighted by molar-refractivity contribution is -0.0171. The van der Waals surface area contributed by atoms with Gasteiger partial charge in [0.1, 0.15) is 6.23 Å². The summed E-state index contributed by atoms with van der Waals surface area (Å²) in [7, 11) is 0. The van der Waals surface area contributed by atoms with Gasteiger partial charge in [-0.05, 0) is 24.7 Å². The summed E-state index contributed by atoms with van der Waals surface area (Å²) in [6.45, 7) is 3.46. The molecular formula is C24H46ClNO3. The predicted octanol–water partition coefficient (Wildman–Crippen LogP) is 5.50. The molecule has 172 valence electrons. The molecule has 29 heavy (non-hydrogen) atoms. The number of aliphatic hydroxyl groups is 1. The minimum atomic E-state index is -0.381. The van der Waals surface area contributed by atoms with Crippen LogP contribution in [0, 0.1) is 17.8 Å². The van der Waals surface area contributed by atoms with Crippen molar-refractivity contribution in [3.05, 3.63) is 0 Å². The maximum atomic E-state index is 11.0. The topological polar surface area (TPSA) is 50.7 Å². The number of rotatable bonds is 16. The molecule has 0 amide bonds. The predicted molar refractivity (Wildman–Crippen MR) is 121 cm³/mol. The number of unbranched alkanes of at least 4 members (excludes halogenated alkanes) is 3. The molecule has 2 saturated carbocycles. The van der Waals surface area contributed by atoms with Gasteiger partial charge in [0.15, 0.2) is 0 Å². The van der Waals surface area contributed by atoms with E-state index < -0.39 is 0 Å². The lowest BCUT2D eigenvalue weighted by atomic mass is 9.69. The lowest BCUT2D eigenvalue weighted by Gasteiger charge is -2.40. The zero-order valence-electron chi connectivity index (χ0n) is 18.6. The van der Waals surface area contributed by atoms with Gasteiger partial charge < -0.3 is 14.6 Å². The Balaban J connectivity index is 1.55. The van der Waals surface area contributed by atoms with Crippen molar-refractivity contribution in [3.63, 3.8) is 0 Å². The van der Waals surface area contributed by atoms with Crippen LogP contribution in [-0.4, -0.2) is 50.2 Å². The molecule has 2 fully saturated rings. The molecule has 2 aliphatic carbocycles. The summed E-state index contributed by atoms with van der Waals surface area (Å²) >= 11 is 5.67. The SMILES string of the molecule is OC(NCCOCCOCCCCCCCl)C(C1CCCCC1)C1CCCCC1. The maximum Gasteiger partial charge on any atom is 0.108 e. The number of nitrogens with one attached hydrogen (secondary N) is 1. The van der Waals surface area contributed by atoms with E-state index in [9.17, 15) is 5.11 Å². The average molecular weight is 432 g/mol. The first-order chi connectivity index (χ1) is 14.3. The molecule has 1 unspecified atom stereocenters. The number of ether oxygens (including phenoxy) is 2. The van der Waals surface area contributed by atoms with Crippen molar-refractivity contribution in [2.24, 2.45) is 17.8 Å². The van der Waals surface area contributed by atoms with Crippen LogP contribution in [-0.2, 0) is 9.47 Å². The second kappa shape index (κ2) is 16.8. The number of aliphatic hydroxyl groups excluding tert-OH is 1. The molecule has 4 nitrogen and oxygen atoms in total. The van der Waals surface area contributed by atoms with Gasteiger partial charge in [0.05, 0.1) is 19.8 Å². The third kappa shape index (κ3) is 10.8. The molecule has 0 aromatic rings. The molecule has 0 aliphatic heterocycles. The monoisotopic (exact) mass is 431 g/mol. The molecule has 2 rings (SSSR count). The molecule has 0 spiro atoms. The Bertz CT molecular complexity index is 355. The van der Waals surface area contributed by atoms with Gasteiger partial charge in [-0.3, -0.25) is 5.32 Å². The zero-order chi connectivity index (χ0) is 20.6. The summed E-state index contributed by atoms with van der Waals surface area (Å²) < 4.78 is 11.3. The quantitative estimate of drug-likeness (QED) is 0.192. The first kappa shape index (κ1) is 25.4. The number of alkyl halides is 1. The second-order valence-corrected chi connectivity index (χ2v) is 9.48. The molecule has 0 bridgehead atoms. The largest absolute Gasteiger partial charge is 0.379 e. The van der Waals surface area contributed by atoms with Crippen LogP contribution in [0.2, 0.25) is 0 Å². The summed E-state index contributed by atoms with van der Waals surface area (Å²) in [5.41, 5.74) is 0. The van der Waals surface area contributed by atoms with E-state index in [1.54, 1.807) is 0 Å². The molecule has 0 aromatic carbocycles. The highest BCUT2D eigenvalue weighted by Crippen LogP contribution is 2.41. The maximum absolute atomic E-state index is 11.0. The van der Waals surface area contributed by atoms with Crippen LogP contribution in [0.4, 0.5) is 0 Å². The van der Waals surface area contributed by atoms with Crippen LogP contribution < -0.4 is 5.32 Å². The Morgan fingerprint density at radius 1 is 0.724 bits per heavy atom. The minimum Gasteiger partial charge on any atom is -0.379 e. The molecule has 0 aromatic heterocycles.